The van der Waals surface area contributed by atoms with E-state index in [4.69, 9.17) is 5.14 Å². The lowest BCUT2D eigenvalue weighted by atomic mass is 10.1. The highest BCUT2D eigenvalue weighted by molar-refractivity contribution is 7.89. The predicted molar refractivity (Wildman–Crippen MR) is 91.9 cm³/mol. The number of halogens is 3. The summed E-state index contributed by atoms with van der Waals surface area (Å²) in [4.78, 5) is 3.62. The first kappa shape index (κ1) is 18.2. The fraction of sp³-hybridized carbons (Fsp3) is 0.118. The van der Waals surface area contributed by atoms with Crippen molar-refractivity contribution in [3.05, 3.63) is 65.9 Å². The second kappa shape index (κ2) is 6.58. The quantitative estimate of drug-likeness (QED) is 0.724. The maximum Gasteiger partial charge on any atom is 0.433 e. The Labute approximate surface area is 147 Å². The highest BCUT2D eigenvalue weighted by Gasteiger charge is 2.33. The number of fused-ring (bicyclic) bond motifs is 1. The van der Waals surface area contributed by atoms with Crippen LogP contribution in [0.3, 0.4) is 0 Å². The molecule has 0 aliphatic heterocycles. The van der Waals surface area contributed by atoms with Crippen LogP contribution in [0.25, 0.3) is 10.9 Å². The van der Waals surface area contributed by atoms with Gasteiger partial charge in [-0.15, -0.1) is 0 Å². The highest BCUT2D eigenvalue weighted by atomic mass is 32.2. The van der Waals surface area contributed by atoms with Gasteiger partial charge in [0.25, 0.3) is 0 Å². The molecular weight excluding hydrogens is 367 g/mol. The molecule has 0 bridgehead atoms. The second-order valence-electron chi connectivity index (χ2n) is 5.61. The van der Waals surface area contributed by atoms with Gasteiger partial charge in [-0.25, -0.2) is 18.5 Å². The number of alkyl halides is 3. The van der Waals surface area contributed by atoms with Gasteiger partial charge in [0.15, 0.2) is 0 Å². The minimum atomic E-state index is -4.56. The number of nitrogens with two attached hydrogens (primary N) is 1. The molecule has 9 heteroatoms. The number of benzene rings is 2. The van der Waals surface area contributed by atoms with Crippen LogP contribution in [0.15, 0.2) is 59.5 Å². The molecule has 0 atom stereocenters. The minimum absolute atomic E-state index is 0.0324. The zero-order valence-electron chi connectivity index (χ0n) is 13.3. The van der Waals surface area contributed by atoms with E-state index in [1.807, 2.05) is 0 Å². The molecule has 0 amide bonds. The van der Waals surface area contributed by atoms with Gasteiger partial charge in [-0.2, -0.15) is 13.2 Å². The van der Waals surface area contributed by atoms with Gasteiger partial charge >= 0.3 is 6.18 Å². The van der Waals surface area contributed by atoms with Gasteiger partial charge in [-0.3, -0.25) is 0 Å². The number of hydrogen-bond donors (Lipinski definition) is 2. The first-order valence-corrected chi connectivity index (χ1v) is 9.02. The summed E-state index contributed by atoms with van der Waals surface area (Å²) < 4.78 is 61.7. The van der Waals surface area contributed by atoms with E-state index in [2.05, 4.69) is 10.3 Å². The lowest BCUT2D eigenvalue weighted by Crippen LogP contribution is -2.12. The number of para-hydroxylation sites is 1. The Hall–Kier alpha value is -2.65. The van der Waals surface area contributed by atoms with Gasteiger partial charge in [-0.1, -0.05) is 30.3 Å². The Morgan fingerprint density at radius 3 is 2.31 bits per heavy atom. The average Bonchev–Trinajstić information content (AvgIpc) is 2.58. The van der Waals surface area contributed by atoms with Crippen LogP contribution in [-0.4, -0.2) is 13.4 Å². The summed E-state index contributed by atoms with van der Waals surface area (Å²) in [5.41, 5.74) is 0.225. The summed E-state index contributed by atoms with van der Waals surface area (Å²) in [5, 5.41) is 8.55. The number of primary sulfonamides is 1. The Morgan fingerprint density at radius 2 is 1.69 bits per heavy atom. The molecule has 0 spiro atoms. The summed E-state index contributed by atoms with van der Waals surface area (Å²) in [6.07, 6.45) is -4.56. The molecule has 5 nitrogen and oxygen atoms in total. The normalized spacial score (nSPS) is 12.3. The van der Waals surface area contributed by atoms with Crippen LogP contribution < -0.4 is 10.5 Å². The molecule has 0 aliphatic rings. The van der Waals surface area contributed by atoms with Crippen molar-refractivity contribution in [2.24, 2.45) is 5.14 Å². The largest absolute Gasteiger partial charge is 0.433 e. The van der Waals surface area contributed by atoms with Crippen LogP contribution in [0, 0.1) is 0 Å². The Bertz CT molecular complexity index is 1050. The molecule has 0 saturated carbocycles. The molecule has 136 valence electrons. The maximum absolute atomic E-state index is 13.1. The van der Waals surface area contributed by atoms with Crippen LogP contribution in [0.5, 0.6) is 0 Å². The monoisotopic (exact) mass is 381 g/mol. The average molecular weight is 381 g/mol. The maximum atomic E-state index is 13.1. The van der Waals surface area contributed by atoms with Gasteiger partial charge in [0, 0.05) is 17.6 Å². The molecular formula is C17H14F3N3O2S. The van der Waals surface area contributed by atoms with Crippen LogP contribution in [0.4, 0.5) is 18.9 Å². The molecule has 0 fully saturated rings. The first-order chi connectivity index (χ1) is 12.1. The molecule has 0 unspecified atom stereocenters. The number of sulfonamides is 1. The Balaban J connectivity index is 1.91. The van der Waals surface area contributed by atoms with Crippen molar-refractivity contribution >= 4 is 26.6 Å². The molecule has 26 heavy (non-hydrogen) atoms. The molecule has 3 rings (SSSR count). The third kappa shape index (κ3) is 3.94. The topological polar surface area (TPSA) is 85.1 Å². The summed E-state index contributed by atoms with van der Waals surface area (Å²) in [6.45, 7) is 0.205. The van der Waals surface area contributed by atoms with E-state index in [0.29, 0.717) is 16.6 Å². The van der Waals surface area contributed by atoms with Crippen LogP contribution in [-0.2, 0) is 22.7 Å². The summed E-state index contributed by atoms with van der Waals surface area (Å²) in [5.74, 6) is 0. The zero-order chi connectivity index (χ0) is 18.9. The van der Waals surface area contributed by atoms with E-state index < -0.39 is 21.9 Å². The van der Waals surface area contributed by atoms with Crippen molar-refractivity contribution in [2.75, 3.05) is 5.32 Å². The number of hydrogen-bond acceptors (Lipinski definition) is 4. The molecule has 1 aromatic heterocycles. The number of rotatable bonds is 4. The van der Waals surface area contributed by atoms with E-state index in [1.165, 1.54) is 18.2 Å². The lowest BCUT2D eigenvalue weighted by molar-refractivity contribution is -0.140. The molecule has 2 aromatic carbocycles. The summed E-state index contributed by atoms with van der Waals surface area (Å²) in [6, 6.07) is 13.2. The van der Waals surface area contributed by atoms with Gasteiger partial charge in [-0.05, 0) is 29.8 Å². The van der Waals surface area contributed by atoms with E-state index in [1.54, 1.807) is 30.3 Å². The smallest absolute Gasteiger partial charge is 0.380 e. The Kier molecular flexibility index (Phi) is 4.59. The number of aromatic nitrogens is 1. The van der Waals surface area contributed by atoms with Crippen LogP contribution >= 0.6 is 0 Å². The van der Waals surface area contributed by atoms with Crippen molar-refractivity contribution in [3.8, 4) is 0 Å². The number of pyridine rings is 1. The number of nitrogens with zero attached hydrogens (tertiary/aromatic N) is 1. The standard InChI is InChI=1S/C17H14F3N3O2S/c18-17(19,20)16-9-15(13-3-1-2-4-14(13)23-16)22-10-11-5-7-12(8-6-11)26(21,24)25/h1-9H,10H2,(H,22,23)(H2,21,24,25). The fourth-order valence-electron chi connectivity index (χ4n) is 2.46. The molecule has 3 aromatic rings. The molecule has 0 saturated heterocycles. The van der Waals surface area contributed by atoms with Crippen molar-refractivity contribution in [3.63, 3.8) is 0 Å². The molecule has 0 radical (unpaired) electrons. The van der Waals surface area contributed by atoms with E-state index in [0.717, 1.165) is 6.07 Å². The van der Waals surface area contributed by atoms with E-state index in [9.17, 15) is 21.6 Å². The lowest BCUT2D eigenvalue weighted by Gasteiger charge is -2.13. The predicted octanol–water partition coefficient (Wildman–Crippen LogP) is 3.51. The first-order valence-electron chi connectivity index (χ1n) is 7.47. The van der Waals surface area contributed by atoms with Crippen molar-refractivity contribution in [1.29, 1.82) is 0 Å². The third-order valence-corrected chi connectivity index (χ3v) is 4.67. The van der Waals surface area contributed by atoms with Crippen LogP contribution in [0.2, 0.25) is 0 Å². The second-order valence-corrected chi connectivity index (χ2v) is 7.17. The van der Waals surface area contributed by atoms with Gasteiger partial charge in [0.05, 0.1) is 10.4 Å². The number of nitrogens with one attached hydrogen (secondary N) is 1. The third-order valence-electron chi connectivity index (χ3n) is 3.74. The fourth-order valence-corrected chi connectivity index (χ4v) is 2.98. The van der Waals surface area contributed by atoms with Gasteiger partial charge in [0.1, 0.15) is 5.69 Å². The van der Waals surface area contributed by atoms with Crippen LogP contribution in [0.1, 0.15) is 11.3 Å². The summed E-state index contributed by atoms with van der Waals surface area (Å²) >= 11 is 0. The molecule has 3 N–H and O–H groups in total. The van der Waals surface area contributed by atoms with Gasteiger partial charge < -0.3 is 5.32 Å². The van der Waals surface area contributed by atoms with Crippen molar-refractivity contribution in [1.82, 2.24) is 4.98 Å². The Morgan fingerprint density at radius 1 is 1.04 bits per heavy atom. The highest BCUT2D eigenvalue weighted by Crippen LogP contribution is 2.33. The minimum Gasteiger partial charge on any atom is -0.380 e. The van der Waals surface area contributed by atoms with E-state index in [-0.39, 0.29) is 17.0 Å². The SMILES string of the molecule is NS(=O)(=O)c1ccc(CNc2cc(C(F)(F)F)nc3ccccc23)cc1. The van der Waals surface area contributed by atoms with Crippen molar-refractivity contribution in [2.45, 2.75) is 17.6 Å². The molecule has 0 aliphatic carbocycles. The molecule has 1 heterocycles. The van der Waals surface area contributed by atoms with E-state index >= 15 is 0 Å². The zero-order valence-corrected chi connectivity index (χ0v) is 14.1. The van der Waals surface area contributed by atoms with Gasteiger partial charge in [0.2, 0.25) is 10.0 Å². The van der Waals surface area contributed by atoms with Crippen molar-refractivity contribution < 1.29 is 21.6 Å². The number of anilines is 1. The summed E-state index contributed by atoms with van der Waals surface area (Å²) in [7, 11) is -3.79.